The van der Waals surface area contributed by atoms with E-state index in [-0.39, 0.29) is 11.9 Å². The summed E-state index contributed by atoms with van der Waals surface area (Å²) in [4.78, 5) is 17.9. The van der Waals surface area contributed by atoms with Gasteiger partial charge in [0.25, 0.3) is 0 Å². The Bertz CT molecular complexity index is 533. The fourth-order valence-electron chi connectivity index (χ4n) is 2.18. The van der Waals surface area contributed by atoms with Crippen molar-refractivity contribution in [1.29, 1.82) is 0 Å². The second-order valence-electron chi connectivity index (χ2n) is 4.52. The summed E-state index contributed by atoms with van der Waals surface area (Å²) in [6.07, 6.45) is 5.65. The molecule has 2 rings (SSSR count). The van der Waals surface area contributed by atoms with Crippen LogP contribution in [-0.4, -0.2) is 38.0 Å². The van der Waals surface area contributed by atoms with Crippen LogP contribution in [0.2, 0.25) is 0 Å². The number of benzene rings is 1. The molecule has 1 aromatic carbocycles. The Balaban J connectivity index is 1.97. The van der Waals surface area contributed by atoms with Gasteiger partial charge in [-0.1, -0.05) is 24.1 Å². The maximum atomic E-state index is 12.1. The quantitative estimate of drug-likeness (QED) is 0.480. The standard InChI is InChI=1S/C15H18N4O/c1-3-9-17-15(16-2)18-12-10-14(20)19(11-12)13-7-5-4-6-8-13/h1,4-8,12H,9-11H2,2H3,(H2,16,17,18). The number of rotatable bonds is 3. The lowest BCUT2D eigenvalue weighted by molar-refractivity contribution is -0.117. The highest BCUT2D eigenvalue weighted by molar-refractivity contribution is 5.97. The molecule has 5 nitrogen and oxygen atoms in total. The van der Waals surface area contributed by atoms with E-state index in [2.05, 4.69) is 21.5 Å². The van der Waals surface area contributed by atoms with E-state index in [0.29, 0.717) is 25.5 Å². The van der Waals surface area contributed by atoms with Gasteiger partial charge < -0.3 is 15.5 Å². The minimum Gasteiger partial charge on any atom is -0.351 e. The van der Waals surface area contributed by atoms with Crippen molar-refractivity contribution in [2.24, 2.45) is 4.99 Å². The average Bonchev–Trinajstić information content (AvgIpc) is 2.85. The van der Waals surface area contributed by atoms with E-state index in [1.807, 2.05) is 30.3 Å². The fraction of sp³-hybridized carbons (Fsp3) is 0.333. The Hall–Kier alpha value is -2.48. The monoisotopic (exact) mass is 270 g/mol. The highest BCUT2D eigenvalue weighted by Crippen LogP contribution is 2.20. The molecule has 1 heterocycles. The molecule has 0 spiro atoms. The third-order valence-electron chi connectivity index (χ3n) is 3.12. The first-order chi connectivity index (χ1) is 9.74. The summed E-state index contributed by atoms with van der Waals surface area (Å²) < 4.78 is 0. The number of hydrogen-bond donors (Lipinski definition) is 2. The van der Waals surface area contributed by atoms with Gasteiger partial charge in [-0.25, -0.2) is 0 Å². The van der Waals surface area contributed by atoms with Crippen molar-refractivity contribution in [2.45, 2.75) is 12.5 Å². The third-order valence-corrected chi connectivity index (χ3v) is 3.12. The first kappa shape index (κ1) is 13.9. The fourth-order valence-corrected chi connectivity index (χ4v) is 2.18. The number of para-hydroxylation sites is 1. The lowest BCUT2D eigenvalue weighted by atomic mass is 10.2. The lowest BCUT2D eigenvalue weighted by Crippen LogP contribution is -2.44. The zero-order valence-electron chi connectivity index (χ0n) is 11.5. The lowest BCUT2D eigenvalue weighted by Gasteiger charge is -2.18. The van der Waals surface area contributed by atoms with Crippen molar-refractivity contribution in [3.63, 3.8) is 0 Å². The van der Waals surface area contributed by atoms with E-state index >= 15 is 0 Å². The summed E-state index contributed by atoms with van der Waals surface area (Å²) in [5.74, 6) is 3.22. The smallest absolute Gasteiger partial charge is 0.229 e. The van der Waals surface area contributed by atoms with Crippen LogP contribution in [0.15, 0.2) is 35.3 Å². The molecule has 5 heteroatoms. The van der Waals surface area contributed by atoms with E-state index in [1.54, 1.807) is 11.9 Å². The molecule has 20 heavy (non-hydrogen) atoms. The Kier molecular flexibility index (Phi) is 4.61. The van der Waals surface area contributed by atoms with Gasteiger partial charge in [0.15, 0.2) is 5.96 Å². The van der Waals surface area contributed by atoms with Crippen LogP contribution in [0.4, 0.5) is 5.69 Å². The molecule has 0 saturated carbocycles. The molecule has 1 unspecified atom stereocenters. The van der Waals surface area contributed by atoms with Crippen LogP contribution in [0.25, 0.3) is 0 Å². The number of anilines is 1. The summed E-state index contributed by atoms with van der Waals surface area (Å²) in [5.41, 5.74) is 0.924. The van der Waals surface area contributed by atoms with Gasteiger partial charge in [-0.15, -0.1) is 6.42 Å². The number of carbonyl (C=O) groups excluding carboxylic acids is 1. The molecule has 104 valence electrons. The molecule has 0 aromatic heterocycles. The molecule has 2 N–H and O–H groups in total. The van der Waals surface area contributed by atoms with E-state index in [4.69, 9.17) is 6.42 Å². The van der Waals surface area contributed by atoms with Crippen molar-refractivity contribution >= 4 is 17.6 Å². The zero-order valence-corrected chi connectivity index (χ0v) is 11.5. The van der Waals surface area contributed by atoms with Gasteiger partial charge in [0, 0.05) is 25.7 Å². The average molecular weight is 270 g/mol. The Morgan fingerprint density at radius 1 is 1.50 bits per heavy atom. The van der Waals surface area contributed by atoms with Gasteiger partial charge >= 0.3 is 0 Å². The van der Waals surface area contributed by atoms with Gasteiger partial charge in [-0.05, 0) is 12.1 Å². The van der Waals surface area contributed by atoms with Crippen molar-refractivity contribution < 1.29 is 4.79 Å². The van der Waals surface area contributed by atoms with Crippen LogP contribution in [0.3, 0.4) is 0 Å². The molecule has 0 aliphatic carbocycles. The predicted molar refractivity (Wildman–Crippen MR) is 80.5 cm³/mol. The van der Waals surface area contributed by atoms with Gasteiger partial charge in [0.2, 0.25) is 5.91 Å². The Morgan fingerprint density at radius 2 is 2.25 bits per heavy atom. The molecule has 0 radical (unpaired) electrons. The second kappa shape index (κ2) is 6.62. The molecule has 0 bridgehead atoms. The first-order valence-corrected chi connectivity index (χ1v) is 6.50. The number of hydrogen-bond acceptors (Lipinski definition) is 2. The molecule has 1 aliphatic heterocycles. The van der Waals surface area contributed by atoms with Crippen molar-refractivity contribution in [3.8, 4) is 12.3 Å². The van der Waals surface area contributed by atoms with Gasteiger partial charge in [-0.3, -0.25) is 9.79 Å². The van der Waals surface area contributed by atoms with Gasteiger partial charge in [0.05, 0.1) is 12.6 Å². The Labute approximate surface area is 119 Å². The molecular weight excluding hydrogens is 252 g/mol. The number of nitrogens with zero attached hydrogens (tertiary/aromatic N) is 2. The van der Waals surface area contributed by atoms with Crippen molar-refractivity contribution in [2.75, 3.05) is 25.0 Å². The highest BCUT2D eigenvalue weighted by Gasteiger charge is 2.30. The van der Waals surface area contributed by atoms with Crippen LogP contribution < -0.4 is 15.5 Å². The largest absolute Gasteiger partial charge is 0.351 e. The van der Waals surface area contributed by atoms with Crippen LogP contribution in [0.5, 0.6) is 0 Å². The number of nitrogens with one attached hydrogen (secondary N) is 2. The number of amides is 1. The molecular formula is C15H18N4O. The van der Waals surface area contributed by atoms with E-state index in [1.165, 1.54) is 0 Å². The molecule has 1 aliphatic rings. The van der Waals surface area contributed by atoms with Crippen LogP contribution in [-0.2, 0) is 4.79 Å². The molecule has 1 amide bonds. The van der Waals surface area contributed by atoms with Crippen LogP contribution in [0, 0.1) is 12.3 Å². The topological polar surface area (TPSA) is 56.7 Å². The first-order valence-electron chi connectivity index (χ1n) is 6.50. The molecule has 1 aromatic rings. The van der Waals surface area contributed by atoms with Crippen LogP contribution in [0.1, 0.15) is 6.42 Å². The minimum atomic E-state index is 0.0340. The third kappa shape index (κ3) is 3.29. The zero-order chi connectivity index (χ0) is 14.4. The summed E-state index contributed by atoms with van der Waals surface area (Å²) in [5, 5.41) is 6.20. The van der Waals surface area contributed by atoms with E-state index in [0.717, 1.165) is 5.69 Å². The minimum absolute atomic E-state index is 0.0340. The van der Waals surface area contributed by atoms with E-state index in [9.17, 15) is 4.79 Å². The summed E-state index contributed by atoms with van der Waals surface area (Å²) in [6.45, 7) is 1.03. The normalized spacial score (nSPS) is 18.8. The molecule has 1 fully saturated rings. The maximum absolute atomic E-state index is 12.1. The second-order valence-corrected chi connectivity index (χ2v) is 4.52. The number of guanidine groups is 1. The number of terminal acetylenes is 1. The SMILES string of the molecule is C#CCNC(=NC)NC1CC(=O)N(c2ccccc2)C1. The predicted octanol–water partition coefficient (Wildman–Crippen LogP) is 0.590. The van der Waals surface area contributed by atoms with Gasteiger partial charge in [-0.2, -0.15) is 0 Å². The van der Waals surface area contributed by atoms with Crippen molar-refractivity contribution in [1.82, 2.24) is 10.6 Å². The van der Waals surface area contributed by atoms with Crippen molar-refractivity contribution in [3.05, 3.63) is 30.3 Å². The Morgan fingerprint density at radius 3 is 2.90 bits per heavy atom. The summed E-state index contributed by atoms with van der Waals surface area (Å²) >= 11 is 0. The summed E-state index contributed by atoms with van der Waals surface area (Å²) in [6, 6.07) is 9.70. The molecule has 1 atom stereocenters. The van der Waals surface area contributed by atoms with E-state index < -0.39 is 0 Å². The van der Waals surface area contributed by atoms with Crippen LogP contribution >= 0.6 is 0 Å². The summed E-state index contributed by atoms with van der Waals surface area (Å²) in [7, 11) is 1.68. The number of aliphatic imine (C=N–C) groups is 1. The number of carbonyl (C=O) groups is 1. The highest BCUT2D eigenvalue weighted by atomic mass is 16.2. The molecule has 1 saturated heterocycles. The maximum Gasteiger partial charge on any atom is 0.229 e. The van der Waals surface area contributed by atoms with Gasteiger partial charge in [0.1, 0.15) is 0 Å².